The highest BCUT2D eigenvalue weighted by Gasteiger charge is 2.06. The molecule has 17 heavy (non-hydrogen) atoms. The molecule has 0 bridgehead atoms. The molecule has 0 aliphatic rings. The lowest BCUT2D eigenvalue weighted by Gasteiger charge is -2.04. The van der Waals surface area contributed by atoms with E-state index in [-0.39, 0.29) is 17.2 Å². The fraction of sp³-hybridized carbons (Fsp3) is 0.0833. The number of pyridine rings is 2. The number of carbonyl (C=O) groups is 1. The van der Waals surface area contributed by atoms with Crippen LogP contribution in [0.1, 0.15) is 16.1 Å². The molecule has 1 amide bonds. The second kappa shape index (κ2) is 4.61. The number of anilines is 1. The first-order chi connectivity index (χ1) is 8.15. The highest BCUT2D eigenvalue weighted by molar-refractivity contribution is 6.02. The highest BCUT2D eigenvalue weighted by atomic mass is 16.2. The van der Waals surface area contributed by atoms with Gasteiger partial charge in [-0.1, -0.05) is 6.07 Å². The van der Waals surface area contributed by atoms with E-state index in [1.165, 1.54) is 12.1 Å². The molecular weight excluding hydrogens is 218 g/mol. The van der Waals surface area contributed by atoms with Gasteiger partial charge in [-0.25, -0.2) is 0 Å². The van der Waals surface area contributed by atoms with Crippen molar-refractivity contribution in [3.8, 4) is 0 Å². The van der Waals surface area contributed by atoms with Crippen LogP contribution in [-0.4, -0.2) is 15.9 Å². The van der Waals surface area contributed by atoms with E-state index in [2.05, 4.69) is 15.3 Å². The van der Waals surface area contributed by atoms with Gasteiger partial charge in [0, 0.05) is 12.3 Å². The van der Waals surface area contributed by atoms with Gasteiger partial charge in [0.15, 0.2) is 0 Å². The van der Waals surface area contributed by atoms with Crippen molar-refractivity contribution in [3.63, 3.8) is 0 Å². The first-order valence-electron chi connectivity index (χ1n) is 5.07. The number of aromatic nitrogens is 2. The van der Waals surface area contributed by atoms with E-state index in [1.54, 1.807) is 24.5 Å². The second-order valence-electron chi connectivity index (χ2n) is 3.63. The lowest BCUT2D eigenvalue weighted by Crippen LogP contribution is -2.17. The van der Waals surface area contributed by atoms with Gasteiger partial charge in [0.25, 0.3) is 5.91 Å². The molecule has 2 aromatic rings. The molecule has 2 heterocycles. The maximum Gasteiger partial charge on any atom is 0.272 e. The monoisotopic (exact) mass is 229 g/mol. The standard InChI is InChI=1S/C12H11N3O2/c1-8-5-9(7-13-6-8)14-12(17)10-3-2-4-11(16)15-10/h2-7H,1H3,(H,14,17)(H,15,16). The Kier molecular flexibility index (Phi) is 3.00. The molecule has 0 spiro atoms. The van der Waals surface area contributed by atoms with Crippen molar-refractivity contribution in [2.75, 3.05) is 5.32 Å². The summed E-state index contributed by atoms with van der Waals surface area (Å²) < 4.78 is 0. The van der Waals surface area contributed by atoms with Gasteiger partial charge < -0.3 is 10.3 Å². The van der Waals surface area contributed by atoms with E-state index >= 15 is 0 Å². The van der Waals surface area contributed by atoms with Gasteiger partial charge in [0.1, 0.15) is 5.69 Å². The molecule has 0 unspecified atom stereocenters. The second-order valence-corrected chi connectivity index (χ2v) is 3.63. The number of aromatic amines is 1. The minimum atomic E-state index is -0.366. The summed E-state index contributed by atoms with van der Waals surface area (Å²) in [5, 5.41) is 2.65. The molecule has 0 atom stereocenters. The fourth-order valence-electron chi connectivity index (χ4n) is 1.40. The van der Waals surface area contributed by atoms with Gasteiger partial charge in [-0.3, -0.25) is 14.6 Å². The molecule has 2 rings (SSSR count). The number of H-pyrrole nitrogens is 1. The highest BCUT2D eigenvalue weighted by Crippen LogP contribution is 2.08. The van der Waals surface area contributed by atoms with Crippen LogP contribution in [0.4, 0.5) is 5.69 Å². The number of hydrogen-bond donors (Lipinski definition) is 2. The predicted octanol–water partition coefficient (Wildman–Crippen LogP) is 1.33. The lowest BCUT2D eigenvalue weighted by atomic mass is 10.3. The average Bonchev–Trinajstić information content (AvgIpc) is 2.29. The predicted molar refractivity (Wildman–Crippen MR) is 64.0 cm³/mol. The van der Waals surface area contributed by atoms with Crippen molar-refractivity contribution < 1.29 is 4.79 Å². The number of aryl methyl sites for hydroxylation is 1. The van der Waals surface area contributed by atoms with E-state index in [0.717, 1.165) is 5.56 Å². The zero-order valence-electron chi connectivity index (χ0n) is 9.23. The Hall–Kier alpha value is -2.43. The molecule has 0 radical (unpaired) electrons. The number of hydrogen-bond acceptors (Lipinski definition) is 3. The van der Waals surface area contributed by atoms with Crippen LogP contribution in [0.25, 0.3) is 0 Å². The van der Waals surface area contributed by atoms with Crippen molar-refractivity contribution >= 4 is 11.6 Å². The quantitative estimate of drug-likeness (QED) is 0.815. The normalized spacial score (nSPS) is 9.94. The Morgan fingerprint density at radius 2 is 2.18 bits per heavy atom. The summed E-state index contributed by atoms with van der Waals surface area (Å²) in [5.74, 6) is -0.366. The van der Waals surface area contributed by atoms with Crippen LogP contribution in [0.5, 0.6) is 0 Å². The van der Waals surface area contributed by atoms with Gasteiger partial charge >= 0.3 is 0 Å². The van der Waals surface area contributed by atoms with E-state index in [0.29, 0.717) is 5.69 Å². The Morgan fingerprint density at radius 1 is 1.35 bits per heavy atom. The zero-order chi connectivity index (χ0) is 12.3. The van der Waals surface area contributed by atoms with Gasteiger partial charge in [-0.15, -0.1) is 0 Å². The summed E-state index contributed by atoms with van der Waals surface area (Å²) >= 11 is 0. The molecule has 0 fully saturated rings. The van der Waals surface area contributed by atoms with Crippen LogP contribution in [0.2, 0.25) is 0 Å². The SMILES string of the molecule is Cc1cncc(NC(=O)c2cccc(=O)[nH]2)c1. The van der Waals surface area contributed by atoms with Crippen LogP contribution >= 0.6 is 0 Å². The Morgan fingerprint density at radius 3 is 2.88 bits per heavy atom. The largest absolute Gasteiger partial charge is 0.319 e. The third-order valence-electron chi connectivity index (χ3n) is 2.15. The van der Waals surface area contributed by atoms with E-state index < -0.39 is 0 Å². The lowest BCUT2D eigenvalue weighted by molar-refractivity contribution is 0.102. The van der Waals surface area contributed by atoms with Crippen LogP contribution in [-0.2, 0) is 0 Å². The summed E-state index contributed by atoms with van der Waals surface area (Å²) in [5.41, 5.74) is 1.46. The average molecular weight is 229 g/mol. The van der Waals surface area contributed by atoms with Crippen molar-refractivity contribution in [1.82, 2.24) is 9.97 Å². The summed E-state index contributed by atoms with van der Waals surface area (Å²) in [4.78, 5) is 29.2. The molecule has 0 aliphatic heterocycles. The minimum Gasteiger partial charge on any atom is -0.319 e. The maximum absolute atomic E-state index is 11.8. The number of amides is 1. The van der Waals surface area contributed by atoms with Crippen molar-refractivity contribution in [3.05, 3.63) is 58.3 Å². The number of rotatable bonds is 2. The fourth-order valence-corrected chi connectivity index (χ4v) is 1.40. The van der Waals surface area contributed by atoms with E-state index in [9.17, 15) is 9.59 Å². The minimum absolute atomic E-state index is 0.221. The van der Waals surface area contributed by atoms with Crippen LogP contribution in [0, 0.1) is 6.92 Å². The van der Waals surface area contributed by atoms with Crippen LogP contribution in [0.3, 0.4) is 0 Å². The third-order valence-corrected chi connectivity index (χ3v) is 2.15. The first-order valence-corrected chi connectivity index (χ1v) is 5.07. The molecule has 86 valence electrons. The molecule has 0 aromatic carbocycles. The summed E-state index contributed by atoms with van der Waals surface area (Å²) in [7, 11) is 0. The zero-order valence-corrected chi connectivity index (χ0v) is 9.23. The Balaban J connectivity index is 2.20. The Bertz CT molecular complexity index is 604. The molecule has 5 heteroatoms. The third kappa shape index (κ3) is 2.78. The van der Waals surface area contributed by atoms with Gasteiger partial charge in [0.05, 0.1) is 11.9 Å². The molecule has 2 N–H and O–H groups in total. The molecular formula is C12H11N3O2. The Labute approximate surface area is 97.5 Å². The molecule has 0 saturated carbocycles. The molecule has 0 saturated heterocycles. The summed E-state index contributed by atoms with van der Waals surface area (Å²) in [6.07, 6.45) is 3.24. The molecule has 2 aromatic heterocycles. The smallest absolute Gasteiger partial charge is 0.272 e. The van der Waals surface area contributed by atoms with Gasteiger partial charge in [0.2, 0.25) is 5.56 Å². The van der Waals surface area contributed by atoms with Crippen molar-refractivity contribution in [2.24, 2.45) is 0 Å². The summed E-state index contributed by atoms with van der Waals surface area (Å²) in [6, 6.07) is 6.22. The van der Waals surface area contributed by atoms with Gasteiger partial charge in [-0.2, -0.15) is 0 Å². The number of nitrogens with zero attached hydrogens (tertiary/aromatic N) is 1. The topological polar surface area (TPSA) is 74.8 Å². The maximum atomic E-state index is 11.8. The summed E-state index contributed by atoms with van der Waals surface area (Å²) in [6.45, 7) is 1.88. The first kappa shape index (κ1) is 11.1. The van der Waals surface area contributed by atoms with E-state index in [4.69, 9.17) is 0 Å². The van der Waals surface area contributed by atoms with E-state index in [1.807, 2.05) is 6.92 Å². The molecule has 5 nitrogen and oxygen atoms in total. The van der Waals surface area contributed by atoms with Crippen molar-refractivity contribution in [2.45, 2.75) is 6.92 Å². The van der Waals surface area contributed by atoms with Crippen LogP contribution in [0.15, 0.2) is 41.5 Å². The molecule has 0 aliphatic carbocycles. The number of carbonyl (C=O) groups excluding carboxylic acids is 1. The number of nitrogens with one attached hydrogen (secondary N) is 2. The van der Waals surface area contributed by atoms with Crippen LogP contribution < -0.4 is 10.9 Å². The van der Waals surface area contributed by atoms with Crippen molar-refractivity contribution in [1.29, 1.82) is 0 Å². The van der Waals surface area contributed by atoms with Gasteiger partial charge in [-0.05, 0) is 24.6 Å².